The van der Waals surface area contributed by atoms with Gasteiger partial charge in [0.05, 0.1) is 18.2 Å². The van der Waals surface area contributed by atoms with E-state index in [0.29, 0.717) is 11.4 Å². The quantitative estimate of drug-likeness (QED) is 0.717. The van der Waals surface area contributed by atoms with E-state index in [2.05, 4.69) is 0 Å². The normalized spacial score (nSPS) is 10.5. The lowest BCUT2D eigenvalue weighted by atomic mass is 10.2. The van der Waals surface area contributed by atoms with Gasteiger partial charge in [-0.3, -0.25) is 4.79 Å². The molecule has 0 atom stereocenters. The van der Waals surface area contributed by atoms with Crippen molar-refractivity contribution in [1.82, 2.24) is 4.57 Å². The standard InChI is InChI=1S/C12H13NO2/c1-3-13-11-7-5-4-6-9(11)10(8-14)12(13)15-2/h4-8H,3H2,1-2H3. The number of carbonyl (C=O) groups excluding carboxylic acids is 1. The maximum absolute atomic E-state index is 11.0. The number of hydrogen-bond acceptors (Lipinski definition) is 2. The second-order valence-electron chi connectivity index (χ2n) is 3.30. The third-order valence-corrected chi connectivity index (χ3v) is 2.59. The smallest absolute Gasteiger partial charge is 0.205 e. The Morgan fingerprint density at radius 2 is 2.13 bits per heavy atom. The van der Waals surface area contributed by atoms with Gasteiger partial charge in [0, 0.05) is 11.9 Å². The summed E-state index contributed by atoms with van der Waals surface area (Å²) in [6, 6.07) is 7.82. The zero-order valence-electron chi connectivity index (χ0n) is 8.86. The predicted molar refractivity (Wildman–Crippen MR) is 59.6 cm³/mol. The summed E-state index contributed by atoms with van der Waals surface area (Å²) in [7, 11) is 1.59. The average Bonchev–Trinajstić information content (AvgIpc) is 2.61. The van der Waals surface area contributed by atoms with Crippen LogP contribution in [0.1, 0.15) is 17.3 Å². The van der Waals surface area contributed by atoms with Gasteiger partial charge in [-0.2, -0.15) is 0 Å². The molecule has 15 heavy (non-hydrogen) atoms. The third kappa shape index (κ3) is 1.31. The molecule has 78 valence electrons. The van der Waals surface area contributed by atoms with Crippen molar-refractivity contribution in [2.45, 2.75) is 13.5 Å². The highest BCUT2D eigenvalue weighted by atomic mass is 16.5. The predicted octanol–water partition coefficient (Wildman–Crippen LogP) is 2.48. The molecule has 2 rings (SSSR count). The lowest BCUT2D eigenvalue weighted by Crippen LogP contribution is -1.98. The highest BCUT2D eigenvalue weighted by Crippen LogP contribution is 2.30. The fourth-order valence-electron chi connectivity index (χ4n) is 1.95. The molecular formula is C12H13NO2. The molecule has 2 aromatic rings. The minimum atomic E-state index is 0.634. The summed E-state index contributed by atoms with van der Waals surface area (Å²) in [6.45, 7) is 2.82. The van der Waals surface area contributed by atoms with Crippen LogP contribution in [0.4, 0.5) is 0 Å². The topological polar surface area (TPSA) is 31.2 Å². The number of hydrogen-bond donors (Lipinski definition) is 0. The van der Waals surface area contributed by atoms with Gasteiger partial charge < -0.3 is 9.30 Å². The van der Waals surface area contributed by atoms with Crippen molar-refractivity contribution in [2.24, 2.45) is 0 Å². The fourth-order valence-corrected chi connectivity index (χ4v) is 1.95. The van der Waals surface area contributed by atoms with Crippen molar-refractivity contribution in [1.29, 1.82) is 0 Å². The summed E-state index contributed by atoms with van der Waals surface area (Å²) in [5.74, 6) is 0.647. The van der Waals surface area contributed by atoms with E-state index >= 15 is 0 Å². The van der Waals surface area contributed by atoms with Crippen LogP contribution in [0.25, 0.3) is 10.9 Å². The number of carbonyl (C=O) groups is 1. The van der Waals surface area contributed by atoms with Gasteiger partial charge in [-0.25, -0.2) is 0 Å². The average molecular weight is 203 g/mol. The highest BCUT2D eigenvalue weighted by molar-refractivity contribution is 6.00. The van der Waals surface area contributed by atoms with E-state index in [4.69, 9.17) is 4.74 Å². The highest BCUT2D eigenvalue weighted by Gasteiger charge is 2.15. The largest absolute Gasteiger partial charge is 0.482 e. The van der Waals surface area contributed by atoms with Crippen molar-refractivity contribution in [3.63, 3.8) is 0 Å². The minimum Gasteiger partial charge on any atom is -0.482 e. The Kier molecular flexibility index (Phi) is 2.46. The van der Waals surface area contributed by atoms with Crippen molar-refractivity contribution in [3.05, 3.63) is 29.8 Å². The summed E-state index contributed by atoms with van der Waals surface area (Å²) in [5, 5.41) is 0.950. The molecule has 0 aliphatic rings. The van der Waals surface area contributed by atoms with Crippen LogP contribution in [0.3, 0.4) is 0 Å². The van der Waals surface area contributed by atoms with E-state index in [9.17, 15) is 4.79 Å². The minimum absolute atomic E-state index is 0.634. The molecule has 0 saturated heterocycles. The lowest BCUT2D eigenvalue weighted by Gasteiger charge is -2.05. The van der Waals surface area contributed by atoms with Crippen LogP contribution in [0.5, 0.6) is 5.88 Å². The first kappa shape index (κ1) is 9.77. The molecule has 0 bridgehead atoms. The lowest BCUT2D eigenvalue weighted by molar-refractivity contribution is 0.112. The van der Waals surface area contributed by atoms with Crippen LogP contribution in [-0.2, 0) is 6.54 Å². The molecule has 0 aliphatic carbocycles. The molecule has 3 nitrogen and oxygen atoms in total. The van der Waals surface area contributed by atoms with E-state index < -0.39 is 0 Å². The molecule has 0 saturated carbocycles. The molecule has 0 spiro atoms. The van der Waals surface area contributed by atoms with Crippen LogP contribution in [0.2, 0.25) is 0 Å². The Bertz CT molecular complexity index is 500. The van der Waals surface area contributed by atoms with Crippen LogP contribution >= 0.6 is 0 Å². The fraction of sp³-hybridized carbons (Fsp3) is 0.250. The van der Waals surface area contributed by atoms with Crippen molar-refractivity contribution >= 4 is 17.2 Å². The molecule has 0 radical (unpaired) electrons. The number of aromatic nitrogens is 1. The van der Waals surface area contributed by atoms with Gasteiger partial charge in [-0.05, 0) is 13.0 Å². The number of para-hydroxylation sites is 1. The van der Waals surface area contributed by atoms with Gasteiger partial charge in [-0.1, -0.05) is 18.2 Å². The summed E-state index contributed by atoms with van der Waals surface area (Å²) < 4.78 is 7.27. The first-order valence-electron chi connectivity index (χ1n) is 4.93. The Balaban J connectivity index is 2.88. The Morgan fingerprint density at radius 1 is 1.40 bits per heavy atom. The number of benzene rings is 1. The molecule has 1 aromatic carbocycles. The Hall–Kier alpha value is -1.77. The molecule has 0 aliphatic heterocycles. The monoisotopic (exact) mass is 203 g/mol. The Morgan fingerprint density at radius 3 is 2.73 bits per heavy atom. The summed E-state index contributed by atoms with van der Waals surface area (Å²) in [6.07, 6.45) is 0.854. The third-order valence-electron chi connectivity index (χ3n) is 2.59. The summed E-state index contributed by atoms with van der Waals surface area (Å²) in [4.78, 5) is 11.0. The molecule has 1 heterocycles. The second-order valence-corrected chi connectivity index (χ2v) is 3.30. The molecule has 0 amide bonds. The van der Waals surface area contributed by atoms with E-state index in [-0.39, 0.29) is 0 Å². The zero-order chi connectivity index (χ0) is 10.8. The SMILES string of the molecule is CCn1c(OC)c(C=O)c2ccccc21. The van der Waals surface area contributed by atoms with Crippen LogP contribution in [0.15, 0.2) is 24.3 Å². The van der Waals surface area contributed by atoms with Crippen LogP contribution in [0, 0.1) is 0 Å². The van der Waals surface area contributed by atoms with Gasteiger partial charge >= 0.3 is 0 Å². The number of nitrogens with zero attached hydrogens (tertiary/aromatic N) is 1. The van der Waals surface area contributed by atoms with Crippen molar-refractivity contribution in [2.75, 3.05) is 7.11 Å². The van der Waals surface area contributed by atoms with Gasteiger partial charge in [0.2, 0.25) is 5.88 Å². The summed E-state index contributed by atoms with van der Waals surface area (Å²) >= 11 is 0. The van der Waals surface area contributed by atoms with Crippen LogP contribution < -0.4 is 4.74 Å². The molecule has 1 aromatic heterocycles. The number of rotatable bonds is 3. The summed E-state index contributed by atoms with van der Waals surface area (Å²) in [5.41, 5.74) is 1.67. The molecule has 0 N–H and O–H groups in total. The zero-order valence-corrected chi connectivity index (χ0v) is 8.86. The maximum Gasteiger partial charge on any atom is 0.205 e. The number of aldehydes is 1. The van der Waals surface area contributed by atoms with Crippen molar-refractivity contribution in [3.8, 4) is 5.88 Å². The van der Waals surface area contributed by atoms with E-state index in [0.717, 1.165) is 23.7 Å². The Labute approximate surface area is 88.3 Å². The number of ether oxygens (including phenoxy) is 1. The molecule has 0 fully saturated rings. The number of methoxy groups -OCH3 is 1. The first-order valence-corrected chi connectivity index (χ1v) is 4.93. The molecule has 3 heteroatoms. The first-order chi connectivity index (χ1) is 7.33. The van der Waals surface area contributed by atoms with Crippen LogP contribution in [-0.4, -0.2) is 18.0 Å². The van der Waals surface area contributed by atoms with Gasteiger partial charge in [0.1, 0.15) is 0 Å². The van der Waals surface area contributed by atoms with Gasteiger partial charge in [0.15, 0.2) is 6.29 Å². The maximum atomic E-state index is 11.0. The van der Waals surface area contributed by atoms with Gasteiger partial charge in [0.25, 0.3) is 0 Å². The number of fused-ring (bicyclic) bond motifs is 1. The molecular weight excluding hydrogens is 190 g/mol. The van der Waals surface area contributed by atoms with E-state index in [1.54, 1.807) is 7.11 Å². The molecule has 0 unspecified atom stereocenters. The van der Waals surface area contributed by atoms with Crippen molar-refractivity contribution < 1.29 is 9.53 Å². The second kappa shape index (κ2) is 3.77. The van der Waals surface area contributed by atoms with Gasteiger partial charge in [-0.15, -0.1) is 0 Å². The van der Waals surface area contributed by atoms with E-state index in [1.807, 2.05) is 35.8 Å². The number of aryl methyl sites for hydroxylation is 1. The van der Waals surface area contributed by atoms with E-state index in [1.165, 1.54) is 0 Å².